The number of amides is 1. The minimum Gasteiger partial charge on any atom is -0.490 e. The van der Waals surface area contributed by atoms with Crippen molar-refractivity contribution in [3.8, 4) is 5.75 Å². The third-order valence-corrected chi connectivity index (χ3v) is 9.02. The summed E-state index contributed by atoms with van der Waals surface area (Å²) in [7, 11) is 0. The maximum Gasteiger partial charge on any atom is 0.256 e. The fraction of sp³-hybridized carbons (Fsp3) is 0.278. The summed E-state index contributed by atoms with van der Waals surface area (Å²) in [6.07, 6.45) is 4.27. The van der Waals surface area contributed by atoms with Crippen LogP contribution >= 0.6 is 0 Å². The minimum absolute atomic E-state index is 0.105. The Morgan fingerprint density at radius 2 is 1.62 bits per heavy atom. The number of nitrogens with zero attached hydrogens (tertiary/aromatic N) is 6. The number of rotatable bonds is 10. The van der Waals surface area contributed by atoms with Crippen LogP contribution in [0.4, 0.5) is 34.8 Å². The average Bonchev–Trinajstić information content (AvgIpc) is 3.79. The summed E-state index contributed by atoms with van der Waals surface area (Å²) >= 11 is 0. The number of ether oxygens (including phenoxy) is 2. The molecule has 0 bridgehead atoms. The molecule has 258 valence electrons. The summed E-state index contributed by atoms with van der Waals surface area (Å²) in [4.78, 5) is 24.7. The number of piperazine rings is 1. The van der Waals surface area contributed by atoms with Crippen molar-refractivity contribution in [3.63, 3.8) is 0 Å². The average molecular weight is 688 g/mol. The van der Waals surface area contributed by atoms with Gasteiger partial charge in [-0.2, -0.15) is 5.10 Å². The second kappa shape index (κ2) is 14.2. The Morgan fingerprint density at radius 3 is 2.30 bits per heavy atom. The van der Waals surface area contributed by atoms with Crippen LogP contribution in [0.25, 0.3) is 0 Å². The van der Waals surface area contributed by atoms with Crippen LogP contribution in [0.2, 0.25) is 0 Å². The quantitative estimate of drug-likeness (QED) is 0.184. The smallest absolute Gasteiger partial charge is 0.256 e. The fourth-order valence-electron chi connectivity index (χ4n) is 6.48. The Bertz CT molecular complexity index is 1940. The molecule has 10 nitrogen and oxygen atoms in total. The third-order valence-electron chi connectivity index (χ3n) is 9.02. The Balaban J connectivity index is 0.927. The van der Waals surface area contributed by atoms with Gasteiger partial charge in [-0.3, -0.25) is 4.79 Å². The van der Waals surface area contributed by atoms with E-state index in [-0.39, 0.29) is 48.7 Å². The van der Waals surface area contributed by atoms with E-state index >= 15 is 4.39 Å². The minimum atomic E-state index is -1.12. The molecule has 2 atom stereocenters. The Hall–Kier alpha value is -5.50. The molecule has 2 fully saturated rings. The lowest BCUT2D eigenvalue weighted by Crippen LogP contribution is -2.46. The number of aromatic nitrogens is 4. The molecule has 0 unspecified atom stereocenters. The van der Waals surface area contributed by atoms with Crippen molar-refractivity contribution in [3.05, 3.63) is 126 Å². The van der Waals surface area contributed by atoms with Crippen molar-refractivity contribution >= 4 is 23.1 Å². The van der Waals surface area contributed by atoms with Crippen molar-refractivity contribution in [2.75, 3.05) is 54.5 Å². The maximum atomic E-state index is 15.3. The van der Waals surface area contributed by atoms with Crippen LogP contribution in [0.5, 0.6) is 5.75 Å². The molecule has 4 heterocycles. The lowest BCUT2D eigenvalue weighted by Gasteiger charge is -2.37. The van der Waals surface area contributed by atoms with Crippen molar-refractivity contribution in [1.82, 2.24) is 19.7 Å². The summed E-state index contributed by atoms with van der Waals surface area (Å²) in [6.45, 7) is 3.24. The first-order valence-electron chi connectivity index (χ1n) is 16.1. The van der Waals surface area contributed by atoms with Crippen molar-refractivity contribution in [2.45, 2.75) is 18.6 Å². The number of carbonyl (C=O) groups is 1. The first kappa shape index (κ1) is 33.0. The van der Waals surface area contributed by atoms with E-state index in [2.05, 4.69) is 30.2 Å². The molecule has 7 rings (SSSR count). The standard InChI is InChI=1S/C36H33F4N7O3/c37-26-3-8-30(31(39)15-26)36(21-47-23-41-22-43-47)17-24(20-50-36)19-49-33-9-7-29(16-32(33)40)46-13-11-45(12-14-46)28-5-1-25(2-6-28)35(48)44-34-10-4-27(38)18-42-34/h1-10,15-16,18,22-24H,11-14,17,19-21H2,(H,42,44,48)/t24-,36+/m1/s1. The molecule has 2 aliphatic rings. The molecular weight excluding hydrogens is 654 g/mol. The zero-order valence-electron chi connectivity index (χ0n) is 26.8. The molecule has 1 amide bonds. The van der Waals surface area contributed by atoms with Gasteiger partial charge in [-0.05, 0) is 61.0 Å². The van der Waals surface area contributed by atoms with Crippen molar-refractivity contribution in [1.29, 1.82) is 0 Å². The molecule has 1 N–H and O–H groups in total. The highest BCUT2D eigenvalue weighted by molar-refractivity contribution is 6.03. The summed E-state index contributed by atoms with van der Waals surface area (Å²) < 4.78 is 70.6. The lowest BCUT2D eigenvalue weighted by molar-refractivity contribution is -0.0206. The number of pyridine rings is 1. The first-order valence-corrected chi connectivity index (χ1v) is 16.1. The second-order valence-corrected chi connectivity index (χ2v) is 12.4. The Morgan fingerprint density at radius 1 is 0.880 bits per heavy atom. The predicted molar refractivity (Wildman–Crippen MR) is 177 cm³/mol. The number of carbonyl (C=O) groups excluding carboxylic acids is 1. The maximum absolute atomic E-state index is 15.3. The number of anilines is 3. The summed E-state index contributed by atoms with van der Waals surface area (Å²) in [5, 5.41) is 6.78. The van der Waals surface area contributed by atoms with Gasteiger partial charge in [0.15, 0.2) is 11.6 Å². The van der Waals surface area contributed by atoms with Gasteiger partial charge in [-0.1, -0.05) is 6.07 Å². The highest BCUT2D eigenvalue weighted by Gasteiger charge is 2.44. The molecule has 3 aromatic carbocycles. The van der Waals surface area contributed by atoms with E-state index in [4.69, 9.17) is 9.47 Å². The van der Waals surface area contributed by atoms with Crippen molar-refractivity contribution < 1.29 is 31.8 Å². The molecule has 14 heteroatoms. The molecule has 5 aromatic rings. The van der Waals surface area contributed by atoms with E-state index in [0.717, 1.165) is 23.6 Å². The number of benzene rings is 3. The highest BCUT2D eigenvalue weighted by Crippen LogP contribution is 2.42. The Kier molecular flexibility index (Phi) is 9.35. The van der Waals surface area contributed by atoms with Gasteiger partial charge in [-0.15, -0.1) is 0 Å². The van der Waals surface area contributed by atoms with Gasteiger partial charge < -0.3 is 24.6 Å². The van der Waals surface area contributed by atoms with E-state index in [1.807, 2.05) is 18.2 Å². The predicted octanol–water partition coefficient (Wildman–Crippen LogP) is 5.82. The molecule has 0 radical (unpaired) electrons. The largest absolute Gasteiger partial charge is 0.490 e. The summed E-state index contributed by atoms with van der Waals surface area (Å²) in [6, 6.07) is 18.1. The lowest BCUT2D eigenvalue weighted by atomic mass is 9.87. The van der Waals surface area contributed by atoms with Gasteiger partial charge in [0.05, 0.1) is 26.0 Å². The van der Waals surface area contributed by atoms with Crippen LogP contribution < -0.4 is 19.9 Å². The van der Waals surface area contributed by atoms with Gasteiger partial charge in [-0.25, -0.2) is 32.2 Å². The van der Waals surface area contributed by atoms with Crippen LogP contribution in [0, 0.1) is 29.2 Å². The molecule has 50 heavy (non-hydrogen) atoms. The zero-order valence-corrected chi connectivity index (χ0v) is 26.8. The number of halogens is 4. The topological polar surface area (TPSA) is 97.6 Å². The fourth-order valence-corrected chi connectivity index (χ4v) is 6.48. The summed E-state index contributed by atoms with van der Waals surface area (Å²) in [5.41, 5.74) is 1.24. The SMILES string of the molecule is O=C(Nc1ccc(F)cn1)c1ccc(N2CCN(c3ccc(OC[C@@H]4CO[C@@](Cn5cncn5)(c5ccc(F)cc5F)C4)c(F)c3)CC2)cc1. The zero-order chi connectivity index (χ0) is 34.7. The van der Waals surface area contributed by atoms with Gasteiger partial charge in [0.25, 0.3) is 5.91 Å². The Labute approximate surface area is 285 Å². The second-order valence-electron chi connectivity index (χ2n) is 12.4. The van der Waals surface area contributed by atoms with Gasteiger partial charge in [0.1, 0.15) is 41.5 Å². The first-order chi connectivity index (χ1) is 24.2. The van der Waals surface area contributed by atoms with Crippen LogP contribution in [0.15, 0.2) is 91.6 Å². The van der Waals surface area contributed by atoms with Crippen LogP contribution in [0.1, 0.15) is 22.3 Å². The normalized spacial score (nSPS) is 19.1. The van der Waals surface area contributed by atoms with Gasteiger partial charge in [0.2, 0.25) is 0 Å². The highest BCUT2D eigenvalue weighted by atomic mass is 19.1. The third kappa shape index (κ3) is 7.25. The van der Waals surface area contributed by atoms with Crippen LogP contribution in [-0.4, -0.2) is 65.0 Å². The van der Waals surface area contributed by atoms with Crippen molar-refractivity contribution in [2.24, 2.45) is 5.92 Å². The van der Waals surface area contributed by atoms with E-state index in [1.54, 1.807) is 18.2 Å². The molecular formula is C36H33F4N7O3. The van der Waals surface area contributed by atoms with Gasteiger partial charge in [0, 0.05) is 66.7 Å². The molecule has 2 aromatic heterocycles. The number of nitrogens with one attached hydrogen (secondary N) is 1. The molecule has 0 spiro atoms. The summed E-state index contributed by atoms with van der Waals surface area (Å²) in [5.74, 6) is -2.54. The van der Waals surface area contributed by atoms with E-state index in [1.165, 1.54) is 47.7 Å². The molecule has 0 aliphatic carbocycles. The number of hydrogen-bond donors (Lipinski definition) is 1. The van der Waals surface area contributed by atoms with Gasteiger partial charge >= 0.3 is 0 Å². The number of hydrogen-bond acceptors (Lipinski definition) is 8. The molecule has 2 saturated heterocycles. The monoisotopic (exact) mass is 687 g/mol. The van der Waals surface area contributed by atoms with E-state index in [0.29, 0.717) is 38.2 Å². The molecule has 2 aliphatic heterocycles. The molecule has 0 saturated carbocycles. The van der Waals surface area contributed by atoms with E-state index in [9.17, 15) is 18.0 Å². The van der Waals surface area contributed by atoms with Crippen LogP contribution in [0.3, 0.4) is 0 Å². The van der Waals surface area contributed by atoms with E-state index < -0.39 is 28.9 Å². The van der Waals surface area contributed by atoms with Crippen LogP contribution in [-0.2, 0) is 16.9 Å².